The average molecular weight is 421 g/mol. The molecule has 1 fully saturated rings. The van der Waals surface area contributed by atoms with Gasteiger partial charge in [0.05, 0.1) is 17.5 Å². The van der Waals surface area contributed by atoms with E-state index < -0.39 is 41.3 Å². The van der Waals surface area contributed by atoms with Gasteiger partial charge in [0.15, 0.2) is 17.4 Å². The van der Waals surface area contributed by atoms with Crippen molar-refractivity contribution in [1.29, 1.82) is 0 Å². The molecule has 2 atom stereocenters. The van der Waals surface area contributed by atoms with Crippen molar-refractivity contribution in [3.63, 3.8) is 0 Å². The lowest BCUT2D eigenvalue weighted by atomic mass is 10.1. The number of esters is 1. The number of hydrogen-bond acceptors (Lipinski definition) is 3. The molecule has 1 saturated carbocycles. The maximum absolute atomic E-state index is 14.1. The van der Waals surface area contributed by atoms with Gasteiger partial charge in [-0.3, -0.25) is 4.79 Å². The van der Waals surface area contributed by atoms with Crippen molar-refractivity contribution in [2.75, 3.05) is 7.11 Å². The van der Waals surface area contributed by atoms with Crippen LogP contribution in [0.3, 0.4) is 0 Å². The van der Waals surface area contributed by atoms with Gasteiger partial charge in [-0.15, -0.1) is 0 Å². The highest BCUT2D eigenvalue weighted by molar-refractivity contribution is 9.10. The highest BCUT2D eigenvalue weighted by Gasteiger charge is 2.61. The SMILES string of the molecule is COc1c(F)c(F)c(COC(=O)[C@@H]2[C@@H](C=C(C)C)C2(C)C)c(Br)c1F. The summed E-state index contributed by atoms with van der Waals surface area (Å²) in [6, 6.07) is 0. The van der Waals surface area contributed by atoms with Crippen molar-refractivity contribution in [1.82, 2.24) is 0 Å². The number of hydrogen-bond donors (Lipinski definition) is 0. The summed E-state index contributed by atoms with van der Waals surface area (Å²) in [5, 5.41) is 0. The first-order chi connectivity index (χ1) is 11.5. The van der Waals surface area contributed by atoms with Gasteiger partial charge >= 0.3 is 5.97 Å². The van der Waals surface area contributed by atoms with Gasteiger partial charge in [0.1, 0.15) is 6.61 Å². The fourth-order valence-electron chi connectivity index (χ4n) is 2.99. The number of ether oxygens (including phenoxy) is 2. The summed E-state index contributed by atoms with van der Waals surface area (Å²) >= 11 is 2.86. The number of rotatable bonds is 5. The molecule has 0 radical (unpaired) electrons. The third-order valence-electron chi connectivity index (χ3n) is 4.55. The fourth-order valence-corrected chi connectivity index (χ4v) is 3.46. The molecule has 1 aliphatic carbocycles. The summed E-state index contributed by atoms with van der Waals surface area (Å²) in [6.07, 6.45) is 2.00. The predicted octanol–water partition coefficient (Wildman–Crippen LogP) is 5.16. The summed E-state index contributed by atoms with van der Waals surface area (Å²) in [6.45, 7) is 7.17. The van der Waals surface area contributed by atoms with E-state index in [1.807, 2.05) is 33.8 Å². The van der Waals surface area contributed by atoms with E-state index in [2.05, 4.69) is 20.7 Å². The van der Waals surface area contributed by atoms with E-state index in [-0.39, 0.29) is 21.7 Å². The summed E-state index contributed by atoms with van der Waals surface area (Å²) in [4.78, 5) is 12.3. The molecule has 0 spiro atoms. The fraction of sp³-hybridized carbons (Fsp3) is 0.500. The Morgan fingerprint density at radius 3 is 2.32 bits per heavy atom. The van der Waals surface area contributed by atoms with Gasteiger partial charge in [0, 0.05) is 5.56 Å². The predicted molar refractivity (Wildman–Crippen MR) is 90.6 cm³/mol. The zero-order valence-corrected chi connectivity index (χ0v) is 16.3. The minimum Gasteiger partial charge on any atom is -0.491 e. The number of allylic oxidation sites excluding steroid dienone is 2. The lowest BCUT2D eigenvalue weighted by molar-refractivity contribution is -0.147. The maximum atomic E-state index is 14.1. The lowest BCUT2D eigenvalue weighted by Gasteiger charge is -2.12. The van der Waals surface area contributed by atoms with Crippen LogP contribution in [0, 0.1) is 34.7 Å². The summed E-state index contributed by atoms with van der Waals surface area (Å²) in [5.74, 6) is -5.53. The van der Waals surface area contributed by atoms with Crippen LogP contribution >= 0.6 is 15.9 Å². The first kappa shape index (κ1) is 19.8. The second kappa shape index (κ2) is 7.02. The van der Waals surface area contributed by atoms with Gasteiger partial charge in [-0.25, -0.2) is 8.78 Å². The molecule has 0 bridgehead atoms. The first-order valence-corrected chi connectivity index (χ1v) is 8.53. The molecule has 7 heteroatoms. The van der Waals surface area contributed by atoms with Crippen LogP contribution in [-0.4, -0.2) is 13.1 Å². The molecule has 0 aromatic heterocycles. The molecule has 1 aliphatic rings. The quantitative estimate of drug-likeness (QED) is 0.375. The Hall–Kier alpha value is -1.50. The number of benzene rings is 1. The van der Waals surface area contributed by atoms with Crippen molar-refractivity contribution in [2.24, 2.45) is 17.3 Å². The van der Waals surface area contributed by atoms with Crippen LogP contribution in [0.25, 0.3) is 0 Å². The third-order valence-corrected chi connectivity index (χ3v) is 5.38. The van der Waals surface area contributed by atoms with Crippen LogP contribution in [0.2, 0.25) is 0 Å². The molecule has 3 nitrogen and oxygen atoms in total. The Labute approximate surface area is 153 Å². The van der Waals surface area contributed by atoms with E-state index in [0.29, 0.717) is 0 Å². The van der Waals surface area contributed by atoms with E-state index >= 15 is 0 Å². The summed E-state index contributed by atoms with van der Waals surface area (Å²) < 4.78 is 51.2. The van der Waals surface area contributed by atoms with Crippen LogP contribution in [-0.2, 0) is 16.1 Å². The van der Waals surface area contributed by atoms with E-state index in [0.717, 1.165) is 12.7 Å². The lowest BCUT2D eigenvalue weighted by Crippen LogP contribution is -2.13. The summed E-state index contributed by atoms with van der Waals surface area (Å²) in [5.41, 5.74) is 0.420. The molecule has 0 unspecified atom stereocenters. The summed E-state index contributed by atoms with van der Waals surface area (Å²) in [7, 11) is 1.03. The van der Waals surface area contributed by atoms with Crippen molar-refractivity contribution >= 4 is 21.9 Å². The molecule has 25 heavy (non-hydrogen) atoms. The third kappa shape index (κ3) is 3.57. The van der Waals surface area contributed by atoms with Crippen LogP contribution in [0.4, 0.5) is 13.2 Å². The molecule has 0 saturated heterocycles. The van der Waals surface area contributed by atoms with Gasteiger partial charge in [0.2, 0.25) is 5.82 Å². The van der Waals surface area contributed by atoms with Crippen molar-refractivity contribution < 1.29 is 27.4 Å². The highest BCUT2D eigenvalue weighted by Crippen LogP contribution is 2.59. The maximum Gasteiger partial charge on any atom is 0.310 e. The monoisotopic (exact) mass is 420 g/mol. The zero-order valence-electron chi connectivity index (χ0n) is 14.7. The molecular formula is C18H20BrF3O3. The van der Waals surface area contributed by atoms with Crippen LogP contribution in [0.15, 0.2) is 16.1 Å². The number of halogens is 4. The van der Waals surface area contributed by atoms with E-state index in [1.54, 1.807) is 0 Å². The normalized spacial score (nSPS) is 20.8. The number of carbonyl (C=O) groups excluding carboxylic acids is 1. The van der Waals surface area contributed by atoms with Gasteiger partial charge in [-0.2, -0.15) is 4.39 Å². The van der Waals surface area contributed by atoms with Gasteiger partial charge < -0.3 is 9.47 Å². The van der Waals surface area contributed by atoms with Crippen molar-refractivity contribution in [3.05, 3.63) is 39.1 Å². The molecule has 138 valence electrons. The highest BCUT2D eigenvalue weighted by atomic mass is 79.9. The Morgan fingerprint density at radius 1 is 1.20 bits per heavy atom. The zero-order chi connectivity index (χ0) is 19.1. The molecule has 0 N–H and O–H groups in total. The Morgan fingerprint density at radius 2 is 1.80 bits per heavy atom. The molecule has 0 heterocycles. The Kier molecular flexibility index (Phi) is 5.56. The van der Waals surface area contributed by atoms with Crippen LogP contribution in [0.5, 0.6) is 5.75 Å². The number of carbonyl (C=O) groups is 1. The van der Waals surface area contributed by atoms with Crippen molar-refractivity contribution in [3.8, 4) is 5.75 Å². The van der Waals surface area contributed by atoms with Gasteiger partial charge in [0.25, 0.3) is 0 Å². The van der Waals surface area contributed by atoms with Gasteiger partial charge in [-0.1, -0.05) is 25.5 Å². The van der Waals surface area contributed by atoms with Crippen LogP contribution < -0.4 is 4.74 Å². The van der Waals surface area contributed by atoms with Crippen molar-refractivity contribution in [2.45, 2.75) is 34.3 Å². The van der Waals surface area contributed by atoms with E-state index in [4.69, 9.17) is 4.74 Å². The van der Waals surface area contributed by atoms with Gasteiger partial charge in [-0.05, 0) is 41.1 Å². The smallest absolute Gasteiger partial charge is 0.310 e. The van der Waals surface area contributed by atoms with Crippen LogP contribution in [0.1, 0.15) is 33.3 Å². The standard InChI is InChI=1S/C18H20BrF3O3/c1-8(2)6-10-11(18(10,3)4)17(23)25-7-9-12(19)14(21)16(24-5)15(22)13(9)20/h6,10-11H,7H2,1-5H3/t10-,11+/m1/s1. The molecule has 1 aromatic carbocycles. The minimum absolute atomic E-state index is 0.0302. The first-order valence-electron chi connectivity index (χ1n) is 7.74. The largest absolute Gasteiger partial charge is 0.491 e. The number of methoxy groups -OCH3 is 1. The molecule has 0 amide bonds. The van der Waals surface area contributed by atoms with E-state index in [9.17, 15) is 18.0 Å². The minimum atomic E-state index is -1.46. The Balaban J connectivity index is 2.18. The molecular weight excluding hydrogens is 401 g/mol. The molecule has 0 aliphatic heterocycles. The second-order valence-corrected chi connectivity index (χ2v) is 7.74. The second-order valence-electron chi connectivity index (χ2n) is 6.94. The Bertz CT molecular complexity index is 711. The molecule has 2 rings (SSSR count). The molecule has 1 aromatic rings. The average Bonchev–Trinajstić information content (AvgIpc) is 3.05. The van der Waals surface area contributed by atoms with E-state index in [1.165, 1.54) is 0 Å². The topological polar surface area (TPSA) is 35.5 Å².